The van der Waals surface area contributed by atoms with E-state index in [1.807, 2.05) is 7.05 Å². The molecule has 19 heavy (non-hydrogen) atoms. The first-order valence-corrected chi connectivity index (χ1v) is 8.58. The quantitative estimate of drug-likeness (QED) is 0.802. The maximum absolute atomic E-state index is 12.7. The Morgan fingerprint density at radius 1 is 1.47 bits per heavy atom. The topological polar surface area (TPSA) is 42.3 Å². The molecule has 0 spiro atoms. The lowest BCUT2D eigenvalue weighted by molar-refractivity contribution is 0.316. The largest absolute Gasteiger partial charge is 0.352 e. The lowest BCUT2D eigenvalue weighted by Crippen LogP contribution is -2.38. The summed E-state index contributed by atoms with van der Waals surface area (Å²) in [5, 5.41) is 0. The van der Waals surface area contributed by atoms with Crippen LogP contribution in [0.1, 0.15) is 32.4 Å². The highest BCUT2D eigenvalue weighted by Crippen LogP contribution is 2.30. The minimum absolute atomic E-state index is 0.115. The van der Waals surface area contributed by atoms with E-state index in [1.165, 1.54) is 0 Å². The second-order valence-corrected chi connectivity index (χ2v) is 7.64. The summed E-state index contributed by atoms with van der Waals surface area (Å²) in [7, 11) is -1.57. The summed E-state index contributed by atoms with van der Waals surface area (Å²) in [5.74, 6) is 0.660. The van der Waals surface area contributed by atoms with Crippen LogP contribution in [0, 0.1) is 5.92 Å². The molecule has 0 bridgehead atoms. The zero-order valence-electron chi connectivity index (χ0n) is 11.6. The lowest BCUT2D eigenvalue weighted by atomic mass is 10.0. The van der Waals surface area contributed by atoms with Crippen LogP contribution in [0.15, 0.2) is 17.2 Å². The number of halogens is 1. The molecule has 6 heteroatoms. The predicted octanol–water partition coefficient (Wildman–Crippen LogP) is 2.57. The molecule has 4 nitrogen and oxygen atoms in total. The molecule has 1 aromatic rings. The summed E-state index contributed by atoms with van der Waals surface area (Å²) in [5.41, 5.74) is 0.820. The number of hydrogen-bond donors (Lipinski definition) is 0. The predicted molar refractivity (Wildman–Crippen MR) is 76.7 cm³/mol. The van der Waals surface area contributed by atoms with Crippen LogP contribution in [-0.2, 0) is 23.0 Å². The van der Waals surface area contributed by atoms with Crippen LogP contribution >= 0.6 is 11.6 Å². The van der Waals surface area contributed by atoms with Crippen molar-refractivity contribution in [1.82, 2.24) is 8.87 Å². The second-order valence-electron chi connectivity index (χ2n) is 5.48. The summed E-state index contributed by atoms with van der Waals surface area (Å²) in [6, 6.07) is 1.79. The summed E-state index contributed by atoms with van der Waals surface area (Å²) in [4.78, 5) is 0.359. The molecule has 0 saturated carbocycles. The first-order valence-electron chi connectivity index (χ1n) is 6.61. The van der Waals surface area contributed by atoms with Gasteiger partial charge in [0.05, 0.1) is 5.88 Å². The number of sulfonamides is 1. The Morgan fingerprint density at radius 2 is 2.16 bits per heavy atom. The zero-order chi connectivity index (χ0) is 14.2. The molecule has 1 unspecified atom stereocenters. The molecule has 0 aliphatic carbocycles. The normalized spacial score (nSPS) is 21.4. The van der Waals surface area contributed by atoms with Gasteiger partial charge in [-0.2, -0.15) is 4.31 Å². The van der Waals surface area contributed by atoms with Crippen molar-refractivity contribution in [2.24, 2.45) is 13.0 Å². The lowest BCUT2D eigenvalue weighted by Gasteiger charge is -2.26. The molecular weight excluding hydrogens is 284 g/mol. The maximum atomic E-state index is 12.7. The van der Waals surface area contributed by atoms with Crippen LogP contribution in [0.2, 0.25) is 0 Å². The molecular formula is C13H21ClN2O2S. The SMILES string of the molecule is CC(C)C1CCCN1S(=O)(=O)c1cc(CCl)n(C)c1. The number of aryl methyl sites for hydroxylation is 1. The van der Waals surface area contributed by atoms with Gasteiger partial charge in [0, 0.05) is 31.5 Å². The molecule has 1 atom stereocenters. The molecule has 0 N–H and O–H groups in total. The van der Waals surface area contributed by atoms with Gasteiger partial charge in [0.25, 0.3) is 0 Å². The van der Waals surface area contributed by atoms with Crippen molar-refractivity contribution in [3.8, 4) is 0 Å². The van der Waals surface area contributed by atoms with E-state index in [1.54, 1.807) is 21.1 Å². The molecule has 0 aromatic carbocycles. The van der Waals surface area contributed by atoms with E-state index in [9.17, 15) is 8.42 Å². The van der Waals surface area contributed by atoms with Gasteiger partial charge in [-0.05, 0) is 24.8 Å². The van der Waals surface area contributed by atoms with Crippen LogP contribution in [0.25, 0.3) is 0 Å². The fourth-order valence-electron chi connectivity index (χ4n) is 2.72. The Hall–Kier alpha value is -0.520. The van der Waals surface area contributed by atoms with E-state index in [0.29, 0.717) is 23.2 Å². The van der Waals surface area contributed by atoms with Gasteiger partial charge in [0.15, 0.2) is 0 Å². The molecule has 1 aliphatic heterocycles. The Kier molecular flexibility index (Phi) is 4.28. The summed E-state index contributed by atoms with van der Waals surface area (Å²) in [6.07, 6.45) is 3.55. The highest BCUT2D eigenvalue weighted by molar-refractivity contribution is 7.89. The van der Waals surface area contributed by atoms with Gasteiger partial charge >= 0.3 is 0 Å². The van der Waals surface area contributed by atoms with Crippen molar-refractivity contribution < 1.29 is 8.42 Å². The number of rotatable bonds is 4. The molecule has 2 heterocycles. The van der Waals surface area contributed by atoms with E-state index < -0.39 is 10.0 Å². The first-order chi connectivity index (χ1) is 8.87. The third-order valence-electron chi connectivity index (χ3n) is 3.84. The summed E-state index contributed by atoms with van der Waals surface area (Å²) >= 11 is 5.81. The zero-order valence-corrected chi connectivity index (χ0v) is 13.2. The van der Waals surface area contributed by atoms with Crippen LogP contribution in [0.4, 0.5) is 0 Å². The third kappa shape index (κ3) is 2.69. The van der Waals surface area contributed by atoms with Gasteiger partial charge < -0.3 is 4.57 Å². The highest BCUT2D eigenvalue weighted by Gasteiger charge is 2.37. The highest BCUT2D eigenvalue weighted by atomic mass is 35.5. The van der Waals surface area contributed by atoms with E-state index >= 15 is 0 Å². The van der Waals surface area contributed by atoms with Gasteiger partial charge in [-0.3, -0.25) is 0 Å². The Bertz CT molecular complexity index is 551. The summed E-state index contributed by atoms with van der Waals surface area (Å²) < 4.78 is 28.8. The fourth-order valence-corrected chi connectivity index (χ4v) is 4.90. The minimum Gasteiger partial charge on any atom is -0.352 e. The van der Waals surface area contributed by atoms with Crippen molar-refractivity contribution in [3.63, 3.8) is 0 Å². The Balaban J connectivity index is 2.36. The number of nitrogens with zero attached hydrogens (tertiary/aromatic N) is 2. The number of aromatic nitrogens is 1. The molecule has 1 aromatic heterocycles. The van der Waals surface area contributed by atoms with E-state index in [0.717, 1.165) is 18.5 Å². The van der Waals surface area contributed by atoms with Crippen molar-refractivity contribution in [3.05, 3.63) is 18.0 Å². The molecule has 108 valence electrons. The standard InChI is InChI=1S/C13H21ClN2O2S/c1-10(2)13-5-4-6-16(13)19(17,18)12-7-11(8-14)15(3)9-12/h7,9-10,13H,4-6,8H2,1-3H3. The van der Waals surface area contributed by atoms with Gasteiger partial charge in [0.1, 0.15) is 4.90 Å². The third-order valence-corrected chi connectivity index (χ3v) is 6.01. The minimum atomic E-state index is -3.39. The maximum Gasteiger partial charge on any atom is 0.244 e. The number of hydrogen-bond acceptors (Lipinski definition) is 2. The van der Waals surface area contributed by atoms with Crippen LogP contribution in [0.3, 0.4) is 0 Å². The molecule has 0 amide bonds. The van der Waals surface area contributed by atoms with Gasteiger partial charge in [-0.25, -0.2) is 8.42 Å². The second kappa shape index (κ2) is 5.46. The van der Waals surface area contributed by atoms with Crippen LogP contribution in [-0.4, -0.2) is 29.9 Å². The number of alkyl halides is 1. The molecule has 1 aliphatic rings. The smallest absolute Gasteiger partial charge is 0.244 e. The van der Waals surface area contributed by atoms with E-state index in [2.05, 4.69) is 13.8 Å². The van der Waals surface area contributed by atoms with Gasteiger partial charge in [0.2, 0.25) is 10.0 Å². The van der Waals surface area contributed by atoms with Gasteiger partial charge in [-0.1, -0.05) is 13.8 Å². The van der Waals surface area contributed by atoms with Crippen molar-refractivity contribution in [2.45, 2.75) is 43.5 Å². The van der Waals surface area contributed by atoms with Gasteiger partial charge in [-0.15, -0.1) is 11.6 Å². The van der Waals surface area contributed by atoms with Crippen LogP contribution in [0.5, 0.6) is 0 Å². The average Bonchev–Trinajstić information content (AvgIpc) is 2.94. The molecule has 1 saturated heterocycles. The molecule has 2 rings (SSSR count). The van der Waals surface area contributed by atoms with Crippen molar-refractivity contribution in [1.29, 1.82) is 0 Å². The van der Waals surface area contributed by atoms with E-state index in [-0.39, 0.29) is 6.04 Å². The fraction of sp³-hybridized carbons (Fsp3) is 0.692. The molecule has 1 fully saturated rings. The average molecular weight is 305 g/mol. The van der Waals surface area contributed by atoms with E-state index in [4.69, 9.17) is 11.6 Å². The monoisotopic (exact) mass is 304 g/mol. The first kappa shape index (κ1) is 14.9. The summed E-state index contributed by atoms with van der Waals surface area (Å²) in [6.45, 7) is 4.78. The Morgan fingerprint density at radius 3 is 2.68 bits per heavy atom. The van der Waals surface area contributed by atoms with Crippen molar-refractivity contribution >= 4 is 21.6 Å². The Labute approximate surface area is 120 Å². The van der Waals surface area contributed by atoms with Crippen molar-refractivity contribution in [2.75, 3.05) is 6.54 Å². The molecule has 0 radical (unpaired) electrons. The van der Waals surface area contributed by atoms with Crippen LogP contribution < -0.4 is 0 Å².